The molecule has 0 heterocycles. The van der Waals surface area contributed by atoms with Gasteiger partial charge >= 0.3 is 24.4 Å². The Kier molecular flexibility index (Phi) is 16.5. The number of hydrogen-bond donors (Lipinski definition) is 1. The molecule has 0 amide bonds. The van der Waals surface area contributed by atoms with E-state index in [1.54, 1.807) is 26.8 Å². The van der Waals surface area contributed by atoms with Crippen LogP contribution in [0.15, 0.2) is 18.2 Å². The normalized spacial score (nSPS) is 15.2. The van der Waals surface area contributed by atoms with Crippen molar-refractivity contribution < 1.29 is 52.3 Å². The lowest BCUT2D eigenvalue weighted by Gasteiger charge is -2.23. The largest absolute Gasteiger partial charge is 0.513 e. The van der Waals surface area contributed by atoms with Crippen LogP contribution in [0.2, 0.25) is 0 Å². The molecule has 0 saturated carbocycles. The molecule has 0 aromatic heterocycles. The average molecular weight is 612 g/mol. The summed E-state index contributed by atoms with van der Waals surface area (Å²) in [4.78, 5) is 49.3. The van der Waals surface area contributed by atoms with E-state index < -0.39 is 42.7 Å². The number of carbonyl (C=O) groups excluding carboxylic acids is 4. The second-order valence-electron chi connectivity index (χ2n) is 11.2. The molecule has 0 aliphatic heterocycles. The van der Waals surface area contributed by atoms with Crippen molar-refractivity contribution in [1.29, 1.82) is 0 Å². The first-order chi connectivity index (χ1) is 20.2. The van der Waals surface area contributed by atoms with Crippen molar-refractivity contribution in [2.75, 3.05) is 13.2 Å². The molecule has 12 nitrogen and oxygen atoms in total. The van der Waals surface area contributed by atoms with E-state index in [9.17, 15) is 19.2 Å². The van der Waals surface area contributed by atoms with Crippen LogP contribution in [0.1, 0.15) is 80.7 Å². The van der Waals surface area contributed by atoms with Gasteiger partial charge in [0.1, 0.15) is 24.4 Å². The van der Waals surface area contributed by atoms with Gasteiger partial charge in [0, 0.05) is 0 Å². The highest BCUT2D eigenvalue weighted by Crippen LogP contribution is 2.30. The lowest BCUT2D eigenvalue weighted by molar-refractivity contribution is -0.155. The van der Waals surface area contributed by atoms with Crippen LogP contribution in [-0.4, -0.2) is 62.0 Å². The number of ether oxygens (including phenoxy) is 7. The molecule has 2 N–H and O–H groups in total. The molecular formula is C31H49NO11. The van der Waals surface area contributed by atoms with E-state index in [4.69, 9.17) is 38.9 Å². The maximum Gasteiger partial charge on any atom is 0.513 e. The van der Waals surface area contributed by atoms with Crippen molar-refractivity contribution in [2.45, 2.75) is 106 Å². The highest BCUT2D eigenvalue weighted by Gasteiger charge is 2.26. The van der Waals surface area contributed by atoms with E-state index in [1.807, 2.05) is 41.5 Å². The second kappa shape index (κ2) is 18.9. The standard InChI is InChI=1S/C31H49NO11/c1-10-19(5)16-37-29(34)42-26-13-12-24(15-27(26)43-30(35)38-17-20(6)11-2)14-25(32)28(33)39-22(8)23(9)41-31(36)40-21(7)18(3)4/h12-13,15,18-23,25H,10-11,14,16-17,32H2,1-9H3/t19?,20?,21?,22-,23?,25-/m0/s1. The molecule has 6 atom stereocenters. The Labute approximate surface area is 254 Å². The molecule has 12 heteroatoms. The molecule has 0 fully saturated rings. The number of hydrogen-bond acceptors (Lipinski definition) is 12. The Hall–Kier alpha value is -3.54. The minimum atomic E-state index is -1.11. The Balaban J connectivity index is 2.92. The predicted octanol–water partition coefficient (Wildman–Crippen LogP) is 6.20. The van der Waals surface area contributed by atoms with Gasteiger partial charge in [-0.05, 0) is 62.6 Å². The number of rotatable bonds is 16. The zero-order valence-electron chi connectivity index (χ0n) is 26.9. The SMILES string of the molecule is CCC(C)COC(=O)Oc1ccc(C[C@H](N)C(=O)O[C@@H](C)C(C)OC(=O)OC(C)C(C)C)cc1OC(=O)OCC(C)CC. The number of esters is 1. The summed E-state index contributed by atoms with van der Waals surface area (Å²) in [5, 5.41) is 0. The maximum atomic E-state index is 12.7. The van der Waals surface area contributed by atoms with Gasteiger partial charge in [0.2, 0.25) is 0 Å². The van der Waals surface area contributed by atoms with E-state index in [0.29, 0.717) is 5.56 Å². The van der Waals surface area contributed by atoms with Crippen LogP contribution >= 0.6 is 0 Å². The fourth-order valence-electron chi connectivity index (χ4n) is 3.01. The Morgan fingerprint density at radius 3 is 1.67 bits per heavy atom. The number of nitrogens with two attached hydrogens (primary N) is 1. The van der Waals surface area contributed by atoms with Crippen molar-refractivity contribution in [3.8, 4) is 11.5 Å². The topological polar surface area (TPSA) is 159 Å². The lowest BCUT2D eigenvalue weighted by atomic mass is 10.1. The van der Waals surface area contributed by atoms with Gasteiger partial charge < -0.3 is 38.9 Å². The van der Waals surface area contributed by atoms with Gasteiger partial charge in [-0.2, -0.15) is 0 Å². The summed E-state index contributed by atoms with van der Waals surface area (Å²) in [6.45, 7) is 16.8. The maximum absolute atomic E-state index is 12.7. The molecule has 0 aliphatic rings. The van der Waals surface area contributed by atoms with Crippen LogP contribution < -0.4 is 15.2 Å². The molecule has 1 aromatic rings. The quantitative estimate of drug-likeness (QED) is 0.128. The molecule has 43 heavy (non-hydrogen) atoms. The first kappa shape index (κ1) is 37.5. The van der Waals surface area contributed by atoms with Crippen LogP contribution in [0.25, 0.3) is 0 Å². The van der Waals surface area contributed by atoms with Crippen LogP contribution in [0.3, 0.4) is 0 Å². The van der Waals surface area contributed by atoms with Crippen LogP contribution in [0.4, 0.5) is 14.4 Å². The van der Waals surface area contributed by atoms with Crippen molar-refractivity contribution in [3.05, 3.63) is 23.8 Å². The molecule has 0 spiro atoms. The summed E-state index contributed by atoms with van der Waals surface area (Å²) in [5.41, 5.74) is 6.58. The summed E-state index contributed by atoms with van der Waals surface area (Å²) in [7, 11) is 0. The van der Waals surface area contributed by atoms with Crippen LogP contribution in [-0.2, 0) is 34.9 Å². The summed E-state index contributed by atoms with van der Waals surface area (Å²) >= 11 is 0. The molecular weight excluding hydrogens is 562 g/mol. The summed E-state index contributed by atoms with van der Waals surface area (Å²) in [5.74, 6) is -0.552. The van der Waals surface area contributed by atoms with Gasteiger partial charge in [-0.25, -0.2) is 14.4 Å². The van der Waals surface area contributed by atoms with Gasteiger partial charge in [-0.15, -0.1) is 0 Å². The fraction of sp³-hybridized carbons (Fsp3) is 0.677. The minimum Gasteiger partial charge on any atom is -0.458 e. The first-order valence-electron chi connectivity index (χ1n) is 14.8. The third-order valence-electron chi connectivity index (χ3n) is 6.98. The average Bonchev–Trinajstić information content (AvgIpc) is 2.95. The predicted molar refractivity (Wildman–Crippen MR) is 158 cm³/mol. The fourth-order valence-corrected chi connectivity index (χ4v) is 3.01. The minimum absolute atomic E-state index is 0.00818. The van der Waals surface area contributed by atoms with E-state index >= 15 is 0 Å². The van der Waals surface area contributed by atoms with Crippen molar-refractivity contribution >= 4 is 24.4 Å². The van der Waals surface area contributed by atoms with Crippen LogP contribution in [0, 0.1) is 17.8 Å². The number of carbonyl (C=O) groups is 4. The molecule has 244 valence electrons. The first-order valence-corrected chi connectivity index (χ1v) is 14.8. The van der Waals surface area contributed by atoms with Gasteiger partial charge in [0.25, 0.3) is 0 Å². The molecule has 1 aromatic carbocycles. The highest BCUT2D eigenvalue weighted by atomic mass is 16.8. The van der Waals surface area contributed by atoms with E-state index in [0.717, 1.165) is 12.8 Å². The summed E-state index contributed by atoms with van der Waals surface area (Å²) in [6, 6.07) is 3.26. The van der Waals surface area contributed by atoms with Gasteiger partial charge in [0.15, 0.2) is 11.5 Å². The molecule has 0 aliphatic carbocycles. The monoisotopic (exact) mass is 611 g/mol. The van der Waals surface area contributed by atoms with E-state index in [2.05, 4.69) is 0 Å². The van der Waals surface area contributed by atoms with Gasteiger partial charge in [-0.1, -0.05) is 60.5 Å². The van der Waals surface area contributed by atoms with Gasteiger partial charge in [0.05, 0.1) is 13.2 Å². The van der Waals surface area contributed by atoms with Crippen LogP contribution in [0.5, 0.6) is 11.5 Å². The zero-order chi connectivity index (χ0) is 32.7. The molecule has 0 bridgehead atoms. The molecule has 1 rings (SSSR count). The second-order valence-corrected chi connectivity index (χ2v) is 11.2. The molecule has 0 radical (unpaired) electrons. The molecule has 4 unspecified atom stereocenters. The van der Waals surface area contributed by atoms with Gasteiger partial charge in [-0.3, -0.25) is 4.79 Å². The third-order valence-corrected chi connectivity index (χ3v) is 6.98. The summed E-state index contributed by atoms with van der Waals surface area (Å²) < 4.78 is 36.7. The summed E-state index contributed by atoms with van der Waals surface area (Å²) in [6.07, 6.45) is -3.13. The van der Waals surface area contributed by atoms with Crippen molar-refractivity contribution in [2.24, 2.45) is 23.5 Å². The highest BCUT2D eigenvalue weighted by molar-refractivity contribution is 5.76. The van der Waals surface area contributed by atoms with Crippen molar-refractivity contribution in [3.63, 3.8) is 0 Å². The zero-order valence-corrected chi connectivity index (χ0v) is 26.9. The Bertz CT molecular complexity index is 1040. The Morgan fingerprint density at radius 2 is 1.16 bits per heavy atom. The molecule has 0 saturated heterocycles. The smallest absolute Gasteiger partial charge is 0.458 e. The van der Waals surface area contributed by atoms with E-state index in [1.165, 1.54) is 12.1 Å². The Morgan fingerprint density at radius 1 is 0.674 bits per heavy atom. The van der Waals surface area contributed by atoms with Crippen molar-refractivity contribution in [1.82, 2.24) is 0 Å². The third kappa shape index (κ3) is 14.5. The number of benzene rings is 1. The lowest BCUT2D eigenvalue weighted by Crippen LogP contribution is -2.39. The van der Waals surface area contributed by atoms with E-state index in [-0.39, 0.29) is 55.0 Å².